The standard InChI is InChI=1S/2C6H13.2H2O.Zr/c2*1-3-5-6-4-2;;;/h2*1,3-6H2,2H3;2*1H2;/q2*-1;;;+4/p-2. The Bertz CT molecular complexity index is 45.6. The predicted molar refractivity (Wildman–Crippen MR) is 62.9 cm³/mol. The van der Waals surface area contributed by atoms with E-state index in [-0.39, 0.29) is 37.2 Å². The molecule has 2 N–H and O–H groups in total. The molecule has 0 saturated carbocycles. The van der Waals surface area contributed by atoms with Crippen LogP contribution in [0.3, 0.4) is 0 Å². The number of rotatable bonds is 6. The van der Waals surface area contributed by atoms with Gasteiger partial charge in [-0.1, -0.05) is 52.4 Å². The second-order valence-corrected chi connectivity index (χ2v) is 3.12. The van der Waals surface area contributed by atoms with Crippen molar-refractivity contribution in [1.29, 1.82) is 0 Å². The molecule has 0 amide bonds. The van der Waals surface area contributed by atoms with E-state index in [0.717, 1.165) is 12.8 Å². The fraction of sp³-hybridized carbons (Fsp3) is 0.833. The Hall–Kier alpha value is 0.803. The van der Waals surface area contributed by atoms with Crippen LogP contribution in [0.15, 0.2) is 0 Å². The van der Waals surface area contributed by atoms with Gasteiger partial charge in [-0.05, 0) is 0 Å². The third-order valence-electron chi connectivity index (χ3n) is 1.71. The summed E-state index contributed by atoms with van der Waals surface area (Å²) < 4.78 is 0. The molecule has 0 saturated heterocycles. The fourth-order valence-electron chi connectivity index (χ4n) is 0.854. The fourth-order valence-corrected chi connectivity index (χ4v) is 0.854. The topological polar surface area (TPSA) is 60.0 Å². The second kappa shape index (κ2) is 36.4. The van der Waals surface area contributed by atoms with Crippen molar-refractivity contribution >= 4 is 0 Å². The minimum Gasteiger partial charge on any atom is -0.870 e. The Balaban J connectivity index is -0.0000000370. The average molecular weight is 296 g/mol. The molecule has 0 atom stereocenters. The molecule has 0 aromatic carbocycles. The van der Waals surface area contributed by atoms with Gasteiger partial charge in [0.15, 0.2) is 0 Å². The maximum Gasteiger partial charge on any atom is 4.00 e. The quantitative estimate of drug-likeness (QED) is 0.537. The summed E-state index contributed by atoms with van der Waals surface area (Å²) in [6.45, 7) is 11.9. The van der Waals surface area contributed by atoms with E-state index >= 15 is 0 Å². The SMILES string of the molecule is [CH2-]CCCCC.[CH2-]CCCCC.[OH-].[OH-].[Zr+4]. The van der Waals surface area contributed by atoms with E-state index in [1.165, 1.54) is 38.5 Å². The molecule has 0 spiro atoms. The summed E-state index contributed by atoms with van der Waals surface area (Å²) >= 11 is 0. The Kier molecular flexibility index (Phi) is 72.0. The molecule has 0 aromatic rings. The Morgan fingerprint density at radius 1 is 0.667 bits per heavy atom. The van der Waals surface area contributed by atoms with Gasteiger partial charge >= 0.3 is 26.2 Å². The van der Waals surface area contributed by atoms with Crippen LogP contribution in [0.2, 0.25) is 0 Å². The Morgan fingerprint density at radius 2 is 0.933 bits per heavy atom. The van der Waals surface area contributed by atoms with Crippen LogP contribution in [0.25, 0.3) is 0 Å². The van der Waals surface area contributed by atoms with Crippen molar-refractivity contribution in [3.63, 3.8) is 0 Å². The van der Waals surface area contributed by atoms with Crippen molar-refractivity contribution in [2.75, 3.05) is 0 Å². The third kappa shape index (κ3) is 52.4. The monoisotopic (exact) mass is 294 g/mol. The Labute approximate surface area is 116 Å². The molecule has 0 aliphatic rings. The van der Waals surface area contributed by atoms with Crippen LogP contribution in [0, 0.1) is 13.8 Å². The molecule has 0 unspecified atom stereocenters. The number of unbranched alkanes of at least 4 members (excludes halogenated alkanes) is 6. The summed E-state index contributed by atoms with van der Waals surface area (Å²) in [4.78, 5) is 0. The molecule has 0 fully saturated rings. The summed E-state index contributed by atoms with van der Waals surface area (Å²) in [6.07, 6.45) is 10.1. The minimum atomic E-state index is 0. The van der Waals surface area contributed by atoms with Crippen LogP contribution >= 0.6 is 0 Å². The molecule has 15 heavy (non-hydrogen) atoms. The van der Waals surface area contributed by atoms with Crippen LogP contribution < -0.4 is 0 Å². The van der Waals surface area contributed by atoms with Gasteiger partial charge in [-0.3, -0.25) is 0 Å². The first-order valence-corrected chi connectivity index (χ1v) is 5.41. The zero-order valence-corrected chi connectivity index (χ0v) is 12.9. The normalized spacial score (nSPS) is 7.20. The van der Waals surface area contributed by atoms with E-state index < -0.39 is 0 Å². The van der Waals surface area contributed by atoms with Crippen molar-refractivity contribution in [1.82, 2.24) is 0 Å². The molecule has 0 rings (SSSR count). The minimum absolute atomic E-state index is 0. The van der Waals surface area contributed by atoms with Crippen molar-refractivity contribution in [3.8, 4) is 0 Å². The molecule has 0 radical (unpaired) electrons. The van der Waals surface area contributed by atoms with E-state index in [2.05, 4.69) is 27.7 Å². The average Bonchev–Trinajstić information content (AvgIpc) is 2.12. The molecule has 3 heteroatoms. The summed E-state index contributed by atoms with van der Waals surface area (Å²) in [5.41, 5.74) is 0. The molecule has 0 heterocycles. The molecule has 2 nitrogen and oxygen atoms in total. The Morgan fingerprint density at radius 3 is 1.00 bits per heavy atom. The first kappa shape index (κ1) is 29.7. The first-order valence-electron chi connectivity index (χ1n) is 5.41. The van der Waals surface area contributed by atoms with E-state index in [4.69, 9.17) is 0 Å². The van der Waals surface area contributed by atoms with Crippen LogP contribution in [-0.4, -0.2) is 11.0 Å². The summed E-state index contributed by atoms with van der Waals surface area (Å²) in [6, 6.07) is 0. The van der Waals surface area contributed by atoms with E-state index in [0.29, 0.717) is 0 Å². The van der Waals surface area contributed by atoms with Gasteiger partial charge in [0.25, 0.3) is 0 Å². The van der Waals surface area contributed by atoms with Crippen molar-refractivity contribution < 1.29 is 37.2 Å². The predicted octanol–water partition coefficient (Wildman–Crippen LogP) is 4.45. The molecule has 92 valence electrons. The molecule has 0 aliphatic heterocycles. The summed E-state index contributed by atoms with van der Waals surface area (Å²) in [7, 11) is 0. The first-order chi connectivity index (χ1) is 5.83. The van der Waals surface area contributed by atoms with Crippen LogP contribution in [0.1, 0.15) is 65.2 Å². The van der Waals surface area contributed by atoms with Gasteiger partial charge in [0, 0.05) is 0 Å². The van der Waals surface area contributed by atoms with Crippen LogP contribution in [0.5, 0.6) is 0 Å². The van der Waals surface area contributed by atoms with Gasteiger partial charge in [-0.2, -0.15) is 12.8 Å². The molecular formula is C12H28O2Zr. The van der Waals surface area contributed by atoms with Crippen LogP contribution in [0.4, 0.5) is 0 Å². The van der Waals surface area contributed by atoms with Gasteiger partial charge in [0.05, 0.1) is 0 Å². The smallest absolute Gasteiger partial charge is 0.870 e. The van der Waals surface area contributed by atoms with E-state index in [1.54, 1.807) is 0 Å². The largest absolute Gasteiger partial charge is 4.00 e. The van der Waals surface area contributed by atoms with Crippen molar-refractivity contribution in [2.24, 2.45) is 0 Å². The zero-order chi connectivity index (χ0) is 9.66. The number of hydrogen-bond acceptors (Lipinski definition) is 2. The molecule has 0 aliphatic carbocycles. The maximum absolute atomic E-state index is 3.72. The van der Waals surface area contributed by atoms with Gasteiger partial charge in [-0.15, -0.1) is 0 Å². The molecule has 0 aromatic heterocycles. The van der Waals surface area contributed by atoms with Gasteiger partial charge in [0.2, 0.25) is 0 Å². The molecule has 0 bridgehead atoms. The van der Waals surface area contributed by atoms with Gasteiger partial charge in [-0.25, -0.2) is 0 Å². The van der Waals surface area contributed by atoms with Gasteiger partial charge < -0.3 is 24.8 Å². The van der Waals surface area contributed by atoms with Gasteiger partial charge in [0.1, 0.15) is 0 Å². The second-order valence-electron chi connectivity index (χ2n) is 3.12. The van der Waals surface area contributed by atoms with Crippen molar-refractivity contribution in [3.05, 3.63) is 13.8 Å². The van der Waals surface area contributed by atoms with Crippen LogP contribution in [-0.2, 0) is 26.2 Å². The molecular weight excluding hydrogens is 267 g/mol. The summed E-state index contributed by atoms with van der Waals surface area (Å²) in [5.74, 6) is 0. The van der Waals surface area contributed by atoms with E-state index in [1.807, 2.05) is 0 Å². The third-order valence-corrected chi connectivity index (χ3v) is 1.71. The maximum atomic E-state index is 3.72. The number of hydrogen-bond donors (Lipinski definition) is 0. The van der Waals surface area contributed by atoms with E-state index in [9.17, 15) is 0 Å². The van der Waals surface area contributed by atoms with Crippen molar-refractivity contribution in [2.45, 2.75) is 65.2 Å². The summed E-state index contributed by atoms with van der Waals surface area (Å²) in [5, 5.41) is 0. The zero-order valence-electron chi connectivity index (χ0n) is 10.5.